The fourth-order valence-corrected chi connectivity index (χ4v) is 2.74. The normalized spacial score (nSPS) is 16.1. The highest BCUT2D eigenvalue weighted by Gasteiger charge is 2.23. The van der Waals surface area contributed by atoms with Gasteiger partial charge in [-0.15, -0.1) is 0 Å². The zero-order chi connectivity index (χ0) is 16.8. The third-order valence-corrected chi connectivity index (χ3v) is 4.00. The molecule has 0 aliphatic carbocycles. The van der Waals surface area contributed by atoms with Crippen LogP contribution in [-0.4, -0.2) is 35.9 Å². The number of hydrogen-bond acceptors (Lipinski definition) is 4. The van der Waals surface area contributed by atoms with Gasteiger partial charge in [-0.25, -0.2) is 4.98 Å². The van der Waals surface area contributed by atoms with Crippen molar-refractivity contribution in [1.82, 2.24) is 10.3 Å². The van der Waals surface area contributed by atoms with Gasteiger partial charge < -0.3 is 15.5 Å². The Morgan fingerprint density at radius 1 is 1.17 bits per heavy atom. The van der Waals surface area contributed by atoms with E-state index in [9.17, 15) is 9.59 Å². The van der Waals surface area contributed by atoms with Crippen molar-refractivity contribution in [1.29, 1.82) is 0 Å². The van der Waals surface area contributed by atoms with Crippen LogP contribution in [0, 0.1) is 5.92 Å². The Labute approximate surface area is 137 Å². The number of carbonyl (C=O) groups is 2. The van der Waals surface area contributed by atoms with Crippen LogP contribution in [0.5, 0.6) is 0 Å². The van der Waals surface area contributed by atoms with Crippen molar-refractivity contribution in [3.8, 4) is 0 Å². The smallest absolute Gasteiger partial charge is 0.247 e. The summed E-state index contributed by atoms with van der Waals surface area (Å²) >= 11 is 0. The SMILES string of the molecule is CC(=O)NC(C(=O)Nc1ccc(N2CCCCC2)nc1)C(C)C. The topological polar surface area (TPSA) is 74.3 Å². The zero-order valence-corrected chi connectivity index (χ0v) is 14.1. The van der Waals surface area contributed by atoms with Crippen LogP contribution in [0.3, 0.4) is 0 Å². The van der Waals surface area contributed by atoms with Crippen molar-refractivity contribution < 1.29 is 9.59 Å². The predicted molar refractivity (Wildman–Crippen MR) is 91.4 cm³/mol. The molecule has 2 rings (SSSR count). The van der Waals surface area contributed by atoms with Crippen molar-refractivity contribution in [3.63, 3.8) is 0 Å². The first-order valence-corrected chi connectivity index (χ1v) is 8.26. The molecule has 1 aliphatic rings. The Bertz CT molecular complexity index is 536. The average Bonchev–Trinajstić information content (AvgIpc) is 2.53. The molecule has 1 aromatic rings. The summed E-state index contributed by atoms with van der Waals surface area (Å²) in [4.78, 5) is 30.2. The van der Waals surface area contributed by atoms with E-state index in [0.717, 1.165) is 18.9 Å². The maximum Gasteiger partial charge on any atom is 0.247 e. The van der Waals surface area contributed by atoms with E-state index in [4.69, 9.17) is 0 Å². The van der Waals surface area contributed by atoms with Gasteiger partial charge in [-0.05, 0) is 37.3 Å². The second-order valence-electron chi connectivity index (χ2n) is 6.36. The largest absolute Gasteiger partial charge is 0.357 e. The minimum Gasteiger partial charge on any atom is -0.357 e. The number of amides is 2. The molecule has 1 aromatic heterocycles. The number of anilines is 2. The summed E-state index contributed by atoms with van der Waals surface area (Å²) in [5, 5.41) is 5.51. The maximum atomic E-state index is 12.3. The maximum absolute atomic E-state index is 12.3. The van der Waals surface area contributed by atoms with Crippen molar-refractivity contribution >= 4 is 23.3 Å². The molecule has 0 bridgehead atoms. The van der Waals surface area contributed by atoms with Crippen LogP contribution in [0.25, 0.3) is 0 Å². The van der Waals surface area contributed by atoms with E-state index in [1.165, 1.54) is 26.2 Å². The first-order valence-electron chi connectivity index (χ1n) is 8.26. The van der Waals surface area contributed by atoms with E-state index >= 15 is 0 Å². The van der Waals surface area contributed by atoms with Crippen molar-refractivity contribution in [2.75, 3.05) is 23.3 Å². The Morgan fingerprint density at radius 2 is 1.87 bits per heavy atom. The Hall–Kier alpha value is -2.11. The molecule has 1 unspecified atom stereocenters. The van der Waals surface area contributed by atoms with E-state index in [-0.39, 0.29) is 17.7 Å². The lowest BCUT2D eigenvalue weighted by Gasteiger charge is -2.27. The number of pyridine rings is 1. The van der Waals surface area contributed by atoms with Crippen molar-refractivity contribution in [3.05, 3.63) is 18.3 Å². The second-order valence-corrected chi connectivity index (χ2v) is 6.36. The van der Waals surface area contributed by atoms with E-state index < -0.39 is 6.04 Å². The molecule has 2 amide bonds. The van der Waals surface area contributed by atoms with E-state index in [2.05, 4.69) is 20.5 Å². The van der Waals surface area contributed by atoms with Gasteiger partial charge in [-0.2, -0.15) is 0 Å². The van der Waals surface area contributed by atoms with Crippen LogP contribution in [0.1, 0.15) is 40.0 Å². The van der Waals surface area contributed by atoms with Gasteiger partial charge in [0.15, 0.2) is 0 Å². The van der Waals surface area contributed by atoms with E-state index in [1.807, 2.05) is 26.0 Å². The first-order chi connectivity index (χ1) is 11.0. The Morgan fingerprint density at radius 3 is 2.39 bits per heavy atom. The highest BCUT2D eigenvalue weighted by atomic mass is 16.2. The number of hydrogen-bond donors (Lipinski definition) is 2. The van der Waals surface area contributed by atoms with Crippen molar-refractivity contribution in [2.24, 2.45) is 5.92 Å². The molecule has 2 N–H and O–H groups in total. The molecule has 1 saturated heterocycles. The number of carbonyl (C=O) groups excluding carboxylic acids is 2. The first kappa shape index (κ1) is 17.2. The molecule has 1 aliphatic heterocycles. The van der Waals surface area contributed by atoms with Gasteiger partial charge in [0, 0.05) is 20.0 Å². The lowest BCUT2D eigenvalue weighted by Crippen LogP contribution is -2.46. The third kappa shape index (κ3) is 4.94. The number of aromatic nitrogens is 1. The highest BCUT2D eigenvalue weighted by molar-refractivity contribution is 5.97. The van der Waals surface area contributed by atoms with Crippen LogP contribution in [0.15, 0.2) is 18.3 Å². The van der Waals surface area contributed by atoms with Crippen LogP contribution in [0.4, 0.5) is 11.5 Å². The minimum atomic E-state index is -0.547. The summed E-state index contributed by atoms with van der Waals surface area (Å²) in [7, 11) is 0. The Balaban J connectivity index is 1.98. The zero-order valence-electron chi connectivity index (χ0n) is 14.1. The lowest BCUT2D eigenvalue weighted by atomic mass is 10.0. The number of rotatable bonds is 5. The van der Waals surface area contributed by atoms with Gasteiger partial charge in [0.2, 0.25) is 11.8 Å². The minimum absolute atomic E-state index is 0.0134. The van der Waals surface area contributed by atoms with Gasteiger partial charge in [-0.1, -0.05) is 13.8 Å². The van der Waals surface area contributed by atoms with E-state index in [0.29, 0.717) is 5.69 Å². The third-order valence-electron chi connectivity index (χ3n) is 4.00. The van der Waals surface area contributed by atoms with Crippen molar-refractivity contribution in [2.45, 2.75) is 46.1 Å². The number of nitrogens with one attached hydrogen (secondary N) is 2. The standard InChI is InChI=1S/C17H26N4O2/c1-12(2)16(19-13(3)22)17(23)20-14-7-8-15(18-11-14)21-9-5-4-6-10-21/h7-8,11-12,16H,4-6,9-10H2,1-3H3,(H,19,22)(H,20,23). The molecule has 0 aromatic carbocycles. The molecule has 6 heteroatoms. The second kappa shape index (κ2) is 7.94. The molecule has 1 fully saturated rings. The van der Waals surface area contributed by atoms with Crippen LogP contribution in [-0.2, 0) is 9.59 Å². The van der Waals surface area contributed by atoms with Crippen LogP contribution >= 0.6 is 0 Å². The molecule has 126 valence electrons. The fraction of sp³-hybridized carbons (Fsp3) is 0.588. The quantitative estimate of drug-likeness (QED) is 0.872. The fourth-order valence-electron chi connectivity index (χ4n) is 2.74. The summed E-state index contributed by atoms with van der Waals surface area (Å²) in [5.74, 6) is 0.532. The molecule has 1 atom stereocenters. The highest BCUT2D eigenvalue weighted by Crippen LogP contribution is 2.19. The summed E-state index contributed by atoms with van der Waals surface area (Å²) in [6.45, 7) is 7.29. The predicted octanol–water partition coefficient (Wildman–Crippen LogP) is 2.17. The molecular weight excluding hydrogens is 292 g/mol. The molecule has 6 nitrogen and oxygen atoms in total. The van der Waals surface area contributed by atoms with E-state index in [1.54, 1.807) is 6.20 Å². The summed E-state index contributed by atoms with van der Waals surface area (Å²) < 4.78 is 0. The van der Waals surface area contributed by atoms with Gasteiger partial charge in [0.05, 0.1) is 11.9 Å². The van der Waals surface area contributed by atoms with Gasteiger partial charge in [0.25, 0.3) is 0 Å². The Kier molecular flexibility index (Phi) is 5.96. The number of piperidine rings is 1. The molecule has 23 heavy (non-hydrogen) atoms. The van der Waals surface area contributed by atoms with Gasteiger partial charge in [0.1, 0.15) is 11.9 Å². The molecule has 2 heterocycles. The summed E-state index contributed by atoms with van der Waals surface area (Å²) in [6.07, 6.45) is 5.36. The average molecular weight is 318 g/mol. The summed E-state index contributed by atoms with van der Waals surface area (Å²) in [5.41, 5.74) is 0.645. The van der Waals surface area contributed by atoms with Gasteiger partial charge >= 0.3 is 0 Å². The molecular formula is C17H26N4O2. The van der Waals surface area contributed by atoms with Crippen LogP contribution < -0.4 is 15.5 Å². The lowest BCUT2D eigenvalue weighted by molar-refractivity contribution is -0.126. The molecule has 0 spiro atoms. The molecule has 0 saturated carbocycles. The monoisotopic (exact) mass is 318 g/mol. The number of nitrogens with zero attached hydrogens (tertiary/aromatic N) is 2. The molecule has 0 radical (unpaired) electrons. The van der Waals surface area contributed by atoms with Crippen LogP contribution in [0.2, 0.25) is 0 Å². The summed E-state index contributed by atoms with van der Waals surface area (Å²) in [6, 6.07) is 3.25. The van der Waals surface area contributed by atoms with Gasteiger partial charge in [-0.3, -0.25) is 9.59 Å².